The molecule has 26 heavy (non-hydrogen) atoms. The predicted octanol–water partition coefficient (Wildman–Crippen LogP) is 2.28. The molecule has 2 rings (SSSR count). The standard InChI is InChI=1S/C19H28N2O5/c1-12-15(17(23)25-5)9-14(26-12)10-20-16(22)13-7-6-8-21(11-13)18(24)19(2,3)4/h9,13H,6-8,10-11H2,1-5H3,(H,20,22). The lowest BCUT2D eigenvalue weighted by Gasteiger charge is -2.35. The van der Waals surface area contributed by atoms with Crippen LogP contribution in [-0.2, 0) is 20.9 Å². The van der Waals surface area contributed by atoms with Crippen molar-refractivity contribution in [3.8, 4) is 0 Å². The van der Waals surface area contributed by atoms with Crippen molar-refractivity contribution < 1.29 is 23.5 Å². The van der Waals surface area contributed by atoms with Gasteiger partial charge in [0.15, 0.2) is 0 Å². The molecule has 2 amide bonds. The molecule has 1 fully saturated rings. The normalized spacial score (nSPS) is 17.7. The Hall–Kier alpha value is -2.31. The fraction of sp³-hybridized carbons (Fsp3) is 0.632. The highest BCUT2D eigenvalue weighted by Gasteiger charge is 2.33. The van der Waals surface area contributed by atoms with Crippen molar-refractivity contribution >= 4 is 17.8 Å². The number of hydrogen-bond donors (Lipinski definition) is 1. The van der Waals surface area contributed by atoms with Gasteiger partial charge in [-0.05, 0) is 25.8 Å². The number of nitrogens with zero attached hydrogens (tertiary/aromatic N) is 1. The Kier molecular flexibility index (Phi) is 6.10. The van der Waals surface area contributed by atoms with Gasteiger partial charge in [-0.1, -0.05) is 20.8 Å². The van der Waals surface area contributed by atoms with E-state index in [4.69, 9.17) is 4.42 Å². The summed E-state index contributed by atoms with van der Waals surface area (Å²) in [6.07, 6.45) is 1.57. The lowest BCUT2D eigenvalue weighted by atomic mass is 9.91. The minimum absolute atomic E-state index is 0.0689. The fourth-order valence-corrected chi connectivity index (χ4v) is 3.11. The summed E-state index contributed by atoms with van der Waals surface area (Å²) in [4.78, 5) is 38.3. The van der Waals surface area contributed by atoms with E-state index in [2.05, 4.69) is 10.1 Å². The molecule has 1 aromatic heterocycles. The summed E-state index contributed by atoms with van der Waals surface area (Å²) in [7, 11) is 1.31. The number of furan rings is 1. The number of rotatable bonds is 4. The third-order valence-corrected chi connectivity index (χ3v) is 4.53. The molecular formula is C19H28N2O5. The highest BCUT2D eigenvalue weighted by Crippen LogP contribution is 2.24. The number of esters is 1. The topological polar surface area (TPSA) is 88.9 Å². The third-order valence-electron chi connectivity index (χ3n) is 4.53. The summed E-state index contributed by atoms with van der Waals surface area (Å²) in [5.74, 6) is 0.221. The Morgan fingerprint density at radius 2 is 2.04 bits per heavy atom. The van der Waals surface area contributed by atoms with E-state index in [1.807, 2.05) is 20.8 Å². The molecule has 0 aromatic carbocycles. The number of carbonyl (C=O) groups is 3. The first-order chi connectivity index (χ1) is 12.1. The van der Waals surface area contributed by atoms with Crippen LogP contribution in [0.25, 0.3) is 0 Å². The van der Waals surface area contributed by atoms with Gasteiger partial charge in [0, 0.05) is 18.5 Å². The summed E-state index contributed by atoms with van der Waals surface area (Å²) in [5, 5.41) is 2.84. The number of amides is 2. The van der Waals surface area contributed by atoms with Gasteiger partial charge in [-0.3, -0.25) is 9.59 Å². The highest BCUT2D eigenvalue weighted by atomic mass is 16.5. The average Bonchev–Trinajstić information content (AvgIpc) is 2.98. The van der Waals surface area contributed by atoms with Crippen LogP contribution in [0, 0.1) is 18.3 Å². The van der Waals surface area contributed by atoms with Crippen LogP contribution in [0.2, 0.25) is 0 Å². The van der Waals surface area contributed by atoms with Crippen LogP contribution in [0.15, 0.2) is 10.5 Å². The Labute approximate surface area is 154 Å². The lowest BCUT2D eigenvalue weighted by Crippen LogP contribution is -2.48. The summed E-state index contributed by atoms with van der Waals surface area (Å²) in [6, 6.07) is 1.58. The van der Waals surface area contributed by atoms with Crippen LogP contribution < -0.4 is 5.32 Å². The summed E-state index contributed by atoms with van der Waals surface area (Å²) >= 11 is 0. The van der Waals surface area contributed by atoms with Crippen molar-refractivity contribution in [3.05, 3.63) is 23.2 Å². The van der Waals surface area contributed by atoms with Crippen molar-refractivity contribution in [2.24, 2.45) is 11.3 Å². The maximum Gasteiger partial charge on any atom is 0.341 e. The van der Waals surface area contributed by atoms with Crippen molar-refractivity contribution in [2.45, 2.75) is 47.1 Å². The molecule has 1 aliphatic rings. The van der Waals surface area contributed by atoms with E-state index in [-0.39, 0.29) is 24.3 Å². The average molecular weight is 364 g/mol. The third kappa shape index (κ3) is 4.65. The second kappa shape index (κ2) is 7.93. The number of ether oxygens (including phenoxy) is 1. The van der Waals surface area contributed by atoms with E-state index in [0.29, 0.717) is 30.2 Å². The SMILES string of the molecule is COC(=O)c1cc(CNC(=O)C2CCCN(C(=O)C(C)(C)C)C2)oc1C. The molecule has 1 aliphatic heterocycles. The van der Waals surface area contributed by atoms with Gasteiger partial charge in [0.1, 0.15) is 17.1 Å². The van der Waals surface area contributed by atoms with Crippen LogP contribution >= 0.6 is 0 Å². The Morgan fingerprint density at radius 1 is 1.35 bits per heavy atom. The van der Waals surface area contributed by atoms with Gasteiger partial charge in [0.25, 0.3) is 0 Å². The van der Waals surface area contributed by atoms with Gasteiger partial charge in [-0.2, -0.15) is 0 Å². The van der Waals surface area contributed by atoms with Gasteiger partial charge in [-0.15, -0.1) is 0 Å². The molecule has 0 aliphatic carbocycles. The molecule has 0 radical (unpaired) electrons. The lowest BCUT2D eigenvalue weighted by molar-refractivity contribution is -0.142. The highest BCUT2D eigenvalue weighted by molar-refractivity contribution is 5.90. The maximum atomic E-state index is 12.5. The Balaban J connectivity index is 1.93. The zero-order valence-corrected chi connectivity index (χ0v) is 16.2. The van der Waals surface area contributed by atoms with Crippen LogP contribution in [0.1, 0.15) is 55.5 Å². The Bertz CT molecular complexity index is 687. The van der Waals surface area contributed by atoms with Gasteiger partial charge < -0.3 is 19.4 Å². The first kappa shape index (κ1) is 20.0. The molecule has 0 spiro atoms. The molecule has 0 bridgehead atoms. The molecule has 1 saturated heterocycles. The minimum atomic E-state index is -0.465. The van der Waals surface area contributed by atoms with Crippen LogP contribution in [0.3, 0.4) is 0 Å². The van der Waals surface area contributed by atoms with Crippen LogP contribution in [-0.4, -0.2) is 42.9 Å². The summed E-state index contributed by atoms with van der Waals surface area (Å²) in [6.45, 7) is 8.66. The largest absolute Gasteiger partial charge is 0.465 e. The van der Waals surface area contributed by atoms with Gasteiger partial charge in [0.05, 0.1) is 19.6 Å². The molecule has 1 unspecified atom stereocenters. The fourth-order valence-electron chi connectivity index (χ4n) is 3.11. The molecule has 2 heterocycles. The van der Waals surface area contributed by atoms with E-state index >= 15 is 0 Å². The number of likely N-dealkylation sites (tertiary alicyclic amines) is 1. The first-order valence-electron chi connectivity index (χ1n) is 8.88. The van der Waals surface area contributed by atoms with Gasteiger partial charge in [0.2, 0.25) is 11.8 Å². The quantitative estimate of drug-likeness (QED) is 0.828. The second-order valence-corrected chi connectivity index (χ2v) is 7.73. The molecule has 7 heteroatoms. The second-order valence-electron chi connectivity index (χ2n) is 7.73. The number of methoxy groups -OCH3 is 1. The number of nitrogens with one attached hydrogen (secondary N) is 1. The summed E-state index contributed by atoms with van der Waals surface area (Å²) < 4.78 is 10.2. The van der Waals surface area contributed by atoms with E-state index in [1.165, 1.54) is 7.11 Å². The molecule has 7 nitrogen and oxygen atoms in total. The number of piperidine rings is 1. The molecule has 0 saturated carbocycles. The summed E-state index contributed by atoms with van der Waals surface area (Å²) in [5.41, 5.74) is -0.0923. The van der Waals surface area contributed by atoms with Crippen molar-refractivity contribution in [1.82, 2.24) is 10.2 Å². The number of carbonyl (C=O) groups excluding carboxylic acids is 3. The number of hydrogen-bond acceptors (Lipinski definition) is 5. The monoisotopic (exact) mass is 364 g/mol. The van der Waals surface area contributed by atoms with Gasteiger partial charge in [-0.25, -0.2) is 4.79 Å². The Morgan fingerprint density at radius 3 is 2.65 bits per heavy atom. The molecule has 1 aromatic rings. The van der Waals surface area contributed by atoms with Crippen LogP contribution in [0.4, 0.5) is 0 Å². The van der Waals surface area contributed by atoms with E-state index in [9.17, 15) is 14.4 Å². The molecular weight excluding hydrogens is 336 g/mol. The first-order valence-corrected chi connectivity index (χ1v) is 8.88. The molecule has 1 atom stereocenters. The molecule has 144 valence electrons. The van der Waals surface area contributed by atoms with Gasteiger partial charge >= 0.3 is 5.97 Å². The van der Waals surface area contributed by atoms with Crippen molar-refractivity contribution in [1.29, 1.82) is 0 Å². The predicted molar refractivity (Wildman–Crippen MR) is 95.4 cm³/mol. The van der Waals surface area contributed by atoms with Crippen molar-refractivity contribution in [2.75, 3.05) is 20.2 Å². The minimum Gasteiger partial charge on any atom is -0.465 e. The van der Waals surface area contributed by atoms with Crippen LogP contribution in [0.5, 0.6) is 0 Å². The number of aryl methyl sites for hydroxylation is 1. The van der Waals surface area contributed by atoms with E-state index in [0.717, 1.165) is 12.8 Å². The van der Waals surface area contributed by atoms with E-state index in [1.54, 1.807) is 17.9 Å². The maximum absolute atomic E-state index is 12.5. The molecule has 1 N–H and O–H groups in total. The zero-order valence-electron chi connectivity index (χ0n) is 16.2. The zero-order chi connectivity index (χ0) is 19.5. The van der Waals surface area contributed by atoms with E-state index < -0.39 is 11.4 Å². The smallest absolute Gasteiger partial charge is 0.341 e. The van der Waals surface area contributed by atoms with Crippen molar-refractivity contribution in [3.63, 3.8) is 0 Å².